The van der Waals surface area contributed by atoms with Crippen LogP contribution in [0.1, 0.15) is 5.56 Å². The van der Waals surface area contributed by atoms with E-state index < -0.39 is 11.8 Å². The lowest BCUT2D eigenvalue weighted by atomic mass is 10.2. The molecule has 2 amide bonds. The van der Waals surface area contributed by atoms with Crippen molar-refractivity contribution in [3.05, 3.63) is 57.0 Å². The fraction of sp³-hybridized carbons (Fsp3) is 0.167. The van der Waals surface area contributed by atoms with E-state index in [0.717, 1.165) is 14.5 Å². The molecule has 0 spiro atoms. The number of hydrazine groups is 1. The average Bonchev–Trinajstić information content (AvgIpc) is 2.67. The number of carbonyl (C=O) groups excluding carboxylic acids is 2. The van der Waals surface area contributed by atoms with Crippen LogP contribution in [0, 0.1) is 6.92 Å². The molecule has 0 atom stereocenters. The molecule has 0 aliphatic rings. The molecule has 0 aliphatic carbocycles. The number of hydrogen-bond acceptors (Lipinski definition) is 5. The van der Waals surface area contributed by atoms with Crippen molar-refractivity contribution >= 4 is 61.0 Å². The SMILES string of the molecule is Cc1cc(OCC(=O)NNC(=S)NC(=O)COc2ccc(Br)cc2)ccc1Br. The van der Waals surface area contributed by atoms with Crippen LogP contribution in [0.5, 0.6) is 11.5 Å². The molecular formula is C18H17Br2N3O4S. The van der Waals surface area contributed by atoms with Crippen LogP contribution in [0.4, 0.5) is 0 Å². The smallest absolute Gasteiger partial charge is 0.276 e. The van der Waals surface area contributed by atoms with Crippen LogP contribution in [-0.2, 0) is 9.59 Å². The van der Waals surface area contributed by atoms with E-state index in [1.165, 1.54) is 0 Å². The van der Waals surface area contributed by atoms with Crippen molar-refractivity contribution in [1.82, 2.24) is 16.2 Å². The summed E-state index contributed by atoms with van der Waals surface area (Å²) in [6.45, 7) is 1.49. The maximum absolute atomic E-state index is 11.8. The van der Waals surface area contributed by atoms with Gasteiger partial charge in [0.2, 0.25) is 0 Å². The Kier molecular flexibility index (Phi) is 8.68. The van der Waals surface area contributed by atoms with Crippen LogP contribution in [0.3, 0.4) is 0 Å². The van der Waals surface area contributed by atoms with Gasteiger partial charge in [-0.25, -0.2) is 0 Å². The summed E-state index contributed by atoms with van der Waals surface area (Å²) in [7, 11) is 0. The Bertz CT molecular complexity index is 862. The molecule has 0 saturated heterocycles. The standard InChI is InChI=1S/C18H17Br2N3O4S/c1-11-8-14(6-7-15(11)20)27-10-17(25)22-23-18(28)21-16(24)9-26-13-4-2-12(19)3-5-13/h2-8H,9-10H2,1H3,(H,22,25)(H2,21,23,24,28). The molecule has 148 valence electrons. The number of benzene rings is 2. The van der Waals surface area contributed by atoms with E-state index in [-0.39, 0.29) is 18.3 Å². The third kappa shape index (κ3) is 7.83. The number of carbonyl (C=O) groups is 2. The lowest BCUT2D eigenvalue weighted by molar-refractivity contribution is -0.124. The number of amides is 2. The number of halogens is 2. The molecular weight excluding hydrogens is 514 g/mol. The maximum atomic E-state index is 11.8. The summed E-state index contributed by atoms with van der Waals surface area (Å²) in [6.07, 6.45) is 0. The molecule has 0 fully saturated rings. The monoisotopic (exact) mass is 529 g/mol. The van der Waals surface area contributed by atoms with Gasteiger partial charge in [-0.15, -0.1) is 0 Å². The molecule has 2 aromatic rings. The van der Waals surface area contributed by atoms with Crippen molar-refractivity contribution in [1.29, 1.82) is 0 Å². The van der Waals surface area contributed by atoms with Gasteiger partial charge in [-0.1, -0.05) is 31.9 Å². The highest BCUT2D eigenvalue weighted by atomic mass is 79.9. The van der Waals surface area contributed by atoms with Gasteiger partial charge in [0.05, 0.1) is 0 Å². The Morgan fingerprint density at radius 2 is 1.54 bits per heavy atom. The fourth-order valence-corrected chi connectivity index (χ4v) is 2.57. The second-order valence-electron chi connectivity index (χ2n) is 5.49. The summed E-state index contributed by atoms with van der Waals surface area (Å²) in [6, 6.07) is 12.4. The molecule has 0 bridgehead atoms. The summed E-state index contributed by atoms with van der Waals surface area (Å²) in [5.41, 5.74) is 5.76. The Balaban J connectivity index is 1.65. The predicted octanol–water partition coefficient (Wildman–Crippen LogP) is 3.00. The zero-order valence-corrected chi connectivity index (χ0v) is 18.7. The highest BCUT2D eigenvalue weighted by Gasteiger charge is 2.08. The van der Waals surface area contributed by atoms with Crippen molar-refractivity contribution in [3.8, 4) is 11.5 Å². The van der Waals surface area contributed by atoms with Gasteiger partial charge in [0.15, 0.2) is 18.3 Å². The van der Waals surface area contributed by atoms with Crippen LogP contribution >= 0.6 is 44.1 Å². The second kappa shape index (κ2) is 11.0. The highest BCUT2D eigenvalue weighted by Crippen LogP contribution is 2.21. The number of thiocarbonyl (C=S) groups is 1. The first-order valence-electron chi connectivity index (χ1n) is 7.99. The van der Waals surface area contributed by atoms with Crippen LogP contribution in [-0.4, -0.2) is 30.1 Å². The van der Waals surface area contributed by atoms with Crippen molar-refractivity contribution in [2.24, 2.45) is 0 Å². The largest absolute Gasteiger partial charge is 0.484 e. The molecule has 2 aromatic carbocycles. The lowest BCUT2D eigenvalue weighted by Gasteiger charge is -2.12. The number of aryl methyl sites for hydroxylation is 1. The molecule has 0 unspecified atom stereocenters. The summed E-state index contributed by atoms with van der Waals surface area (Å²) in [5, 5.41) is 2.33. The molecule has 2 rings (SSSR count). The zero-order chi connectivity index (χ0) is 20.5. The topological polar surface area (TPSA) is 88.7 Å². The first-order valence-corrected chi connectivity index (χ1v) is 9.99. The van der Waals surface area contributed by atoms with E-state index >= 15 is 0 Å². The first-order chi connectivity index (χ1) is 13.3. The van der Waals surface area contributed by atoms with E-state index in [0.29, 0.717) is 11.5 Å². The fourth-order valence-electron chi connectivity index (χ4n) is 1.89. The Morgan fingerprint density at radius 1 is 0.929 bits per heavy atom. The summed E-state index contributed by atoms with van der Waals surface area (Å²) >= 11 is 11.6. The number of nitrogens with one attached hydrogen (secondary N) is 3. The van der Waals surface area contributed by atoms with Gasteiger partial charge in [0.1, 0.15) is 11.5 Å². The summed E-state index contributed by atoms with van der Waals surface area (Å²) in [4.78, 5) is 23.6. The third-order valence-corrected chi connectivity index (χ3v) is 4.87. The zero-order valence-electron chi connectivity index (χ0n) is 14.8. The summed E-state index contributed by atoms with van der Waals surface area (Å²) in [5.74, 6) is 0.196. The molecule has 0 saturated carbocycles. The Hall–Kier alpha value is -2.17. The number of ether oxygens (including phenoxy) is 2. The van der Waals surface area contributed by atoms with Crippen LogP contribution in [0.15, 0.2) is 51.4 Å². The summed E-state index contributed by atoms with van der Waals surface area (Å²) < 4.78 is 12.6. The van der Waals surface area contributed by atoms with Crippen molar-refractivity contribution in [2.45, 2.75) is 6.92 Å². The molecule has 10 heteroatoms. The minimum Gasteiger partial charge on any atom is -0.484 e. The Morgan fingerprint density at radius 3 is 2.21 bits per heavy atom. The minimum atomic E-state index is -0.462. The van der Waals surface area contributed by atoms with Crippen LogP contribution < -0.4 is 25.6 Å². The van der Waals surface area contributed by atoms with E-state index in [1.807, 2.05) is 13.0 Å². The van der Waals surface area contributed by atoms with E-state index in [1.54, 1.807) is 36.4 Å². The van der Waals surface area contributed by atoms with Gasteiger partial charge in [0, 0.05) is 8.95 Å². The highest BCUT2D eigenvalue weighted by molar-refractivity contribution is 9.10. The molecule has 0 heterocycles. The predicted molar refractivity (Wildman–Crippen MR) is 116 cm³/mol. The van der Waals surface area contributed by atoms with Crippen LogP contribution in [0.25, 0.3) is 0 Å². The number of hydrogen-bond donors (Lipinski definition) is 3. The molecule has 0 aliphatic heterocycles. The van der Waals surface area contributed by atoms with Gasteiger partial charge < -0.3 is 9.47 Å². The molecule has 28 heavy (non-hydrogen) atoms. The van der Waals surface area contributed by atoms with Crippen LogP contribution in [0.2, 0.25) is 0 Å². The lowest BCUT2D eigenvalue weighted by Crippen LogP contribution is -2.50. The molecule has 0 aromatic heterocycles. The third-order valence-electron chi connectivity index (χ3n) is 3.25. The minimum absolute atomic E-state index is 0.0581. The first kappa shape index (κ1) is 22.1. The second-order valence-corrected chi connectivity index (χ2v) is 7.67. The van der Waals surface area contributed by atoms with Gasteiger partial charge in [-0.3, -0.25) is 25.8 Å². The average molecular weight is 531 g/mol. The quantitative estimate of drug-likeness (QED) is 0.393. The molecule has 3 N–H and O–H groups in total. The molecule has 7 nitrogen and oxygen atoms in total. The van der Waals surface area contributed by atoms with Crippen molar-refractivity contribution < 1.29 is 19.1 Å². The van der Waals surface area contributed by atoms with Gasteiger partial charge in [-0.2, -0.15) is 0 Å². The van der Waals surface area contributed by atoms with Gasteiger partial charge >= 0.3 is 0 Å². The normalized spacial score (nSPS) is 9.96. The van der Waals surface area contributed by atoms with Gasteiger partial charge in [-0.05, 0) is 67.2 Å². The van der Waals surface area contributed by atoms with E-state index in [2.05, 4.69) is 48.0 Å². The van der Waals surface area contributed by atoms with E-state index in [4.69, 9.17) is 21.7 Å². The number of rotatable bonds is 6. The molecule has 0 radical (unpaired) electrons. The Labute approximate surface area is 184 Å². The van der Waals surface area contributed by atoms with E-state index in [9.17, 15) is 9.59 Å². The van der Waals surface area contributed by atoms with Crippen molar-refractivity contribution in [3.63, 3.8) is 0 Å². The maximum Gasteiger partial charge on any atom is 0.276 e. The van der Waals surface area contributed by atoms with Gasteiger partial charge in [0.25, 0.3) is 11.8 Å². The van der Waals surface area contributed by atoms with Crippen molar-refractivity contribution in [2.75, 3.05) is 13.2 Å².